The lowest BCUT2D eigenvalue weighted by Gasteiger charge is -2.16. The fourth-order valence-corrected chi connectivity index (χ4v) is 3.08. The number of halogens is 2. The second kappa shape index (κ2) is 5.45. The van der Waals surface area contributed by atoms with Gasteiger partial charge in [-0.15, -0.1) is 0 Å². The molecule has 2 nitrogen and oxygen atoms in total. The Bertz CT molecular complexity index is 656. The van der Waals surface area contributed by atoms with E-state index in [9.17, 15) is 0 Å². The monoisotopic (exact) mass is 308 g/mol. The number of fused-ring (bicyclic) bond motifs is 1. The van der Waals surface area contributed by atoms with E-state index in [1.54, 1.807) is 11.8 Å². The van der Waals surface area contributed by atoms with Crippen LogP contribution in [-0.4, -0.2) is 5.17 Å². The number of nitrogens with one attached hydrogen (secondary N) is 1. The predicted molar refractivity (Wildman–Crippen MR) is 84.9 cm³/mol. The second-order valence-corrected chi connectivity index (χ2v) is 5.95. The molecule has 1 N–H and O–H groups in total. The molecule has 19 heavy (non-hydrogen) atoms. The highest BCUT2D eigenvalue weighted by Crippen LogP contribution is 2.33. The summed E-state index contributed by atoms with van der Waals surface area (Å²) in [5.41, 5.74) is 3.07. The zero-order chi connectivity index (χ0) is 13.2. The van der Waals surface area contributed by atoms with E-state index in [4.69, 9.17) is 23.2 Å². The fourth-order valence-electron chi connectivity index (χ4n) is 1.82. The Hall–Kier alpha value is -1.16. The largest absolute Gasteiger partial charge is 0.335 e. The predicted octanol–water partition coefficient (Wildman–Crippen LogP) is 5.34. The van der Waals surface area contributed by atoms with Crippen LogP contribution in [-0.2, 0) is 5.75 Å². The van der Waals surface area contributed by atoms with Crippen LogP contribution in [0.15, 0.2) is 47.5 Å². The fraction of sp³-hybridized carbons (Fsp3) is 0.0714. The summed E-state index contributed by atoms with van der Waals surface area (Å²) in [6, 6.07) is 13.4. The van der Waals surface area contributed by atoms with Crippen molar-refractivity contribution in [1.82, 2.24) is 0 Å². The maximum Gasteiger partial charge on any atom is 0.166 e. The summed E-state index contributed by atoms with van der Waals surface area (Å²) in [6.07, 6.45) is 0. The van der Waals surface area contributed by atoms with Crippen LogP contribution >= 0.6 is 35.0 Å². The van der Waals surface area contributed by atoms with E-state index in [2.05, 4.69) is 10.3 Å². The molecule has 96 valence electrons. The maximum absolute atomic E-state index is 5.97. The molecular formula is C14H10Cl2N2S. The van der Waals surface area contributed by atoms with Gasteiger partial charge >= 0.3 is 0 Å². The number of anilines is 1. The molecule has 1 aliphatic heterocycles. The van der Waals surface area contributed by atoms with Crippen LogP contribution in [0, 0.1) is 0 Å². The standard InChI is InChI=1S/C14H10Cl2N2S/c15-10-2-1-3-12(7-10)17-14-18-13-5-4-11(16)6-9(13)8-19-14/h1-7H,8H2,(H,17,18). The van der Waals surface area contributed by atoms with Gasteiger partial charge in [0, 0.05) is 21.5 Å². The molecule has 0 aliphatic carbocycles. The topological polar surface area (TPSA) is 24.4 Å². The lowest BCUT2D eigenvalue weighted by molar-refractivity contribution is 1.35. The van der Waals surface area contributed by atoms with Crippen LogP contribution in [0.1, 0.15) is 5.56 Å². The molecule has 2 aromatic rings. The van der Waals surface area contributed by atoms with Gasteiger partial charge < -0.3 is 5.32 Å². The van der Waals surface area contributed by atoms with E-state index in [-0.39, 0.29) is 0 Å². The maximum atomic E-state index is 5.97. The molecule has 0 spiro atoms. The smallest absolute Gasteiger partial charge is 0.166 e. The summed E-state index contributed by atoms with van der Waals surface area (Å²) in [5.74, 6) is 0.863. The van der Waals surface area contributed by atoms with Gasteiger partial charge in [-0.2, -0.15) is 0 Å². The lowest BCUT2D eigenvalue weighted by atomic mass is 10.2. The zero-order valence-electron chi connectivity index (χ0n) is 9.86. The molecule has 0 saturated heterocycles. The van der Waals surface area contributed by atoms with Crippen molar-refractivity contribution in [3.8, 4) is 0 Å². The van der Waals surface area contributed by atoms with E-state index in [0.29, 0.717) is 5.02 Å². The Morgan fingerprint density at radius 1 is 1.05 bits per heavy atom. The van der Waals surface area contributed by atoms with Crippen molar-refractivity contribution in [3.63, 3.8) is 0 Å². The van der Waals surface area contributed by atoms with Gasteiger partial charge in [0.15, 0.2) is 5.17 Å². The van der Waals surface area contributed by atoms with Crippen molar-refractivity contribution in [2.45, 2.75) is 5.75 Å². The van der Waals surface area contributed by atoms with Gasteiger partial charge in [-0.3, -0.25) is 0 Å². The molecule has 0 radical (unpaired) electrons. The van der Waals surface area contributed by atoms with Gasteiger partial charge in [0.05, 0.1) is 5.69 Å². The summed E-state index contributed by atoms with van der Waals surface area (Å²) >= 11 is 13.6. The molecule has 0 aromatic heterocycles. The molecule has 2 aromatic carbocycles. The van der Waals surface area contributed by atoms with Crippen LogP contribution in [0.5, 0.6) is 0 Å². The van der Waals surface area contributed by atoms with E-state index < -0.39 is 0 Å². The number of hydrogen-bond acceptors (Lipinski definition) is 3. The normalized spacial score (nSPS) is 13.7. The summed E-state index contributed by atoms with van der Waals surface area (Å²) in [4.78, 5) is 4.58. The highest BCUT2D eigenvalue weighted by atomic mass is 35.5. The SMILES string of the molecule is Clc1cccc(NC2=Nc3ccc(Cl)cc3CS2)c1. The van der Waals surface area contributed by atoms with E-state index >= 15 is 0 Å². The number of amidine groups is 1. The first-order valence-corrected chi connectivity index (χ1v) is 7.47. The average Bonchev–Trinajstić information content (AvgIpc) is 2.39. The van der Waals surface area contributed by atoms with Crippen molar-refractivity contribution in [2.75, 3.05) is 5.32 Å². The third-order valence-corrected chi connectivity index (χ3v) is 4.10. The Labute approximate surface area is 125 Å². The van der Waals surface area contributed by atoms with Gasteiger partial charge in [-0.1, -0.05) is 41.0 Å². The Balaban J connectivity index is 1.85. The third-order valence-electron chi connectivity index (χ3n) is 2.70. The van der Waals surface area contributed by atoms with Crippen molar-refractivity contribution in [2.24, 2.45) is 4.99 Å². The molecule has 0 unspecified atom stereocenters. The number of thioether (sulfide) groups is 1. The Morgan fingerprint density at radius 2 is 1.89 bits per heavy atom. The quantitative estimate of drug-likeness (QED) is 0.769. The Morgan fingerprint density at radius 3 is 2.74 bits per heavy atom. The molecule has 0 bridgehead atoms. The molecular weight excluding hydrogens is 299 g/mol. The van der Waals surface area contributed by atoms with Gasteiger partial charge in [0.25, 0.3) is 0 Å². The van der Waals surface area contributed by atoms with Crippen LogP contribution in [0.4, 0.5) is 11.4 Å². The molecule has 0 fully saturated rings. The number of rotatable bonds is 1. The van der Waals surface area contributed by atoms with Gasteiger partial charge in [0.2, 0.25) is 0 Å². The van der Waals surface area contributed by atoms with Crippen molar-refractivity contribution in [1.29, 1.82) is 0 Å². The number of benzene rings is 2. The second-order valence-electron chi connectivity index (χ2n) is 4.11. The van der Waals surface area contributed by atoms with Gasteiger partial charge in [0.1, 0.15) is 0 Å². The summed E-state index contributed by atoms with van der Waals surface area (Å²) in [5, 5.41) is 5.60. The molecule has 1 heterocycles. The zero-order valence-corrected chi connectivity index (χ0v) is 12.2. The molecule has 3 rings (SSSR count). The molecule has 0 amide bonds. The van der Waals surface area contributed by atoms with Crippen LogP contribution in [0.3, 0.4) is 0 Å². The first-order valence-electron chi connectivity index (χ1n) is 5.73. The first kappa shape index (κ1) is 12.9. The van der Waals surface area contributed by atoms with Crippen molar-refractivity contribution < 1.29 is 0 Å². The summed E-state index contributed by atoms with van der Waals surface area (Å²) in [7, 11) is 0. The lowest BCUT2D eigenvalue weighted by Crippen LogP contribution is -2.10. The third kappa shape index (κ3) is 3.06. The van der Waals surface area contributed by atoms with E-state index in [1.165, 1.54) is 0 Å². The van der Waals surface area contributed by atoms with Crippen LogP contribution in [0.25, 0.3) is 0 Å². The molecule has 0 atom stereocenters. The number of nitrogens with zero attached hydrogens (tertiary/aromatic N) is 1. The highest BCUT2D eigenvalue weighted by Gasteiger charge is 2.13. The minimum Gasteiger partial charge on any atom is -0.335 e. The first-order chi connectivity index (χ1) is 9.20. The number of aliphatic imine (C=N–C) groups is 1. The van der Waals surface area contributed by atoms with Crippen LogP contribution < -0.4 is 5.32 Å². The molecule has 0 saturated carbocycles. The number of hydrogen-bond donors (Lipinski definition) is 1. The van der Waals surface area contributed by atoms with Gasteiger partial charge in [-0.05, 0) is 42.0 Å². The highest BCUT2D eigenvalue weighted by molar-refractivity contribution is 8.13. The molecule has 1 aliphatic rings. The average molecular weight is 309 g/mol. The minimum atomic E-state index is 0.707. The van der Waals surface area contributed by atoms with Crippen molar-refractivity contribution in [3.05, 3.63) is 58.1 Å². The Kier molecular flexibility index (Phi) is 3.69. The van der Waals surface area contributed by atoms with E-state index in [1.807, 2.05) is 42.5 Å². The molecule has 5 heteroatoms. The van der Waals surface area contributed by atoms with Gasteiger partial charge in [-0.25, -0.2) is 4.99 Å². The van der Waals surface area contributed by atoms with Crippen LogP contribution in [0.2, 0.25) is 10.0 Å². The van der Waals surface area contributed by atoms with E-state index in [0.717, 1.165) is 32.9 Å². The summed E-state index contributed by atoms with van der Waals surface area (Å²) in [6.45, 7) is 0. The summed E-state index contributed by atoms with van der Waals surface area (Å²) < 4.78 is 0. The van der Waals surface area contributed by atoms with Crippen molar-refractivity contribution >= 4 is 51.5 Å². The minimum absolute atomic E-state index is 0.707.